The van der Waals surface area contributed by atoms with Crippen LogP contribution in [0.3, 0.4) is 0 Å². The van der Waals surface area contributed by atoms with Crippen molar-refractivity contribution in [3.63, 3.8) is 0 Å². The van der Waals surface area contributed by atoms with Crippen LogP contribution in [0.1, 0.15) is 34.1 Å². The summed E-state index contributed by atoms with van der Waals surface area (Å²) in [4.78, 5) is 13.4. The van der Waals surface area contributed by atoms with E-state index >= 15 is 0 Å². The number of amides is 1. The summed E-state index contributed by atoms with van der Waals surface area (Å²) in [5, 5.41) is 2.82. The molecule has 1 amide bonds. The van der Waals surface area contributed by atoms with Gasteiger partial charge in [0.1, 0.15) is 0 Å². The molecule has 0 heterocycles. The van der Waals surface area contributed by atoms with Crippen LogP contribution >= 0.6 is 0 Å². The highest BCUT2D eigenvalue weighted by Gasteiger charge is 2.11. The number of nitrogens with zero attached hydrogens (tertiary/aromatic N) is 1. The fourth-order valence-electron chi connectivity index (χ4n) is 1.93. The van der Waals surface area contributed by atoms with Gasteiger partial charge in [0.25, 0.3) is 0 Å². The van der Waals surface area contributed by atoms with Crippen molar-refractivity contribution in [2.75, 3.05) is 16.8 Å². The Morgan fingerprint density at radius 1 is 1.41 bits per heavy atom. The van der Waals surface area contributed by atoms with Crippen LogP contribution in [-0.2, 0) is 4.79 Å². The monoisotopic (exact) mass is 234 g/mol. The van der Waals surface area contributed by atoms with Gasteiger partial charge in [0.2, 0.25) is 5.91 Å². The van der Waals surface area contributed by atoms with Crippen molar-refractivity contribution >= 4 is 17.3 Å². The van der Waals surface area contributed by atoms with Gasteiger partial charge < -0.3 is 10.2 Å². The number of nitrogens with one attached hydrogen (secondary N) is 1. The lowest BCUT2D eigenvalue weighted by Crippen LogP contribution is -2.32. The van der Waals surface area contributed by atoms with Gasteiger partial charge >= 0.3 is 0 Å². The molecule has 0 aliphatic rings. The molecule has 1 N–H and O–H groups in total. The third-order valence-electron chi connectivity index (χ3n) is 2.96. The Hall–Kier alpha value is -1.51. The molecule has 0 bridgehead atoms. The highest BCUT2D eigenvalue weighted by Crippen LogP contribution is 2.22. The maximum atomic E-state index is 11.0. The van der Waals surface area contributed by atoms with E-state index in [2.05, 4.69) is 37.1 Å². The summed E-state index contributed by atoms with van der Waals surface area (Å²) in [5.74, 6) is -0.0336. The number of anilines is 2. The largest absolute Gasteiger partial charge is 0.369 e. The molecule has 1 aromatic rings. The summed E-state index contributed by atoms with van der Waals surface area (Å²) in [6, 6.07) is 8.51. The minimum absolute atomic E-state index is 0.0336. The molecule has 0 aliphatic heterocycles. The van der Waals surface area contributed by atoms with Crippen LogP contribution in [0.2, 0.25) is 0 Å². The summed E-state index contributed by atoms with van der Waals surface area (Å²) < 4.78 is 0. The number of hydrogen-bond donors (Lipinski definition) is 1. The van der Waals surface area contributed by atoms with Crippen LogP contribution in [0.25, 0.3) is 0 Å². The molecular formula is C14H22N2O. The van der Waals surface area contributed by atoms with Gasteiger partial charge in [0.15, 0.2) is 0 Å². The van der Waals surface area contributed by atoms with Crippen molar-refractivity contribution in [2.24, 2.45) is 0 Å². The first-order valence-corrected chi connectivity index (χ1v) is 6.22. The second kappa shape index (κ2) is 6.28. The van der Waals surface area contributed by atoms with Gasteiger partial charge in [-0.2, -0.15) is 0 Å². The summed E-state index contributed by atoms with van der Waals surface area (Å²) >= 11 is 0. The van der Waals surface area contributed by atoms with Gasteiger partial charge in [-0.25, -0.2) is 0 Å². The molecule has 0 saturated carbocycles. The van der Waals surface area contributed by atoms with Crippen molar-refractivity contribution in [3.8, 4) is 0 Å². The zero-order chi connectivity index (χ0) is 12.8. The molecule has 1 aromatic carbocycles. The molecule has 1 atom stereocenters. The Balaban J connectivity index is 2.92. The molecule has 0 spiro atoms. The lowest BCUT2D eigenvalue weighted by Gasteiger charge is -2.29. The number of carbonyl (C=O) groups is 1. The SMILES string of the molecule is CCC(C)N(CC)c1cccc(NC(C)=O)c1. The molecule has 1 rings (SSSR count). The van der Waals surface area contributed by atoms with Crippen LogP contribution in [0, 0.1) is 0 Å². The van der Waals surface area contributed by atoms with Crippen LogP contribution in [0.4, 0.5) is 11.4 Å². The van der Waals surface area contributed by atoms with E-state index in [1.54, 1.807) is 0 Å². The fraction of sp³-hybridized carbons (Fsp3) is 0.500. The Morgan fingerprint density at radius 3 is 2.65 bits per heavy atom. The maximum absolute atomic E-state index is 11.0. The van der Waals surface area contributed by atoms with E-state index in [1.165, 1.54) is 6.92 Å². The summed E-state index contributed by atoms with van der Waals surface area (Å²) in [6.45, 7) is 9.05. The van der Waals surface area contributed by atoms with E-state index in [0.717, 1.165) is 24.3 Å². The molecule has 1 unspecified atom stereocenters. The van der Waals surface area contributed by atoms with Crippen molar-refractivity contribution in [2.45, 2.75) is 40.2 Å². The van der Waals surface area contributed by atoms with Crippen molar-refractivity contribution in [3.05, 3.63) is 24.3 Å². The summed E-state index contributed by atoms with van der Waals surface area (Å²) in [6.07, 6.45) is 1.11. The number of rotatable bonds is 5. The lowest BCUT2D eigenvalue weighted by atomic mass is 10.1. The van der Waals surface area contributed by atoms with Gasteiger partial charge in [-0.3, -0.25) is 4.79 Å². The molecule has 3 nitrogen and oxygen atoms in total. The Labute approximate surface area is 104 Å². The van der Waals surface area contributed by atoms with Crippen LogP contribution in [-0.4, -0.2) is 18.5 Å². The van der Waals surface area contributed by atoms with Crippen molar-refractivity contribution in [1.82, 2.24) is 0 Å². The summed E-state index contributed by atoms with van der Waals surface area (Å²) in [5.41, 5.74) is 2.02. The van der Waals surface area contributed by atoms with Crippen LogP contribution in [0.15, 0.2) is 24.3 Å². The van der Waals surface area contributed by atoms with Gasteiger partial charge in [-0.05, 0) is 38.5 Å². The van der Waals surface area contributed by atoms with Gasteiger partial charge in [-0.1, -0.05) is 13.0 Å². The van der Waals surface area contributed by atoms with Gasteiger partial charge in [-0.15, -0.1) is 0 Å². The summed E-state index contributed by atoms with van der Waals surface area (Å²) in [7, 11) is 0. The second-order valence-corrected chi connectivity index (χ2v) is 4.27. The molecule has 3 heteroatoms. The molecule has 0 aromatic heterocycles. The standard InChI is InChI=1S/C14H22N2O/c1-5-11(3)16(6-2)14-9-7-8-13(10-14)15-12(4)17/h7-11H,5-6H2,1-4H3,(H,15,17). The number of hydrogen-bond acceptors (Lipinski definition) is 2. The molecule has 0 aliphatic carbocycles. The van der Waals surface area contributed by atoms with Crippen molar-refractivity contribution in [1.29, 1.82) is 0 Å². The van der Waals surface area contributed by atoms with Crippen molar-refractivity contribution < 1.29 is 4.79 Å². The van der Waals surface area contributed by atoms with E-state index < -0.39 is 0 Å². The average Bonchev–Trinajstić information content (AvgIpc) is 2.29. The minimum Gasteiger partial charge on any atom is -0.369 e. The molecule has 0 fully saturated rings. The zero-order valence-electron chi connectivity index (χ0n) is 11.2. The van der Waals surface area contributed by atoms with E-state index in [0.29, 0.717) is 6.04 Å². The molecule has 0 radical (unpaired) electrons. The normalized spacial score (nSPS) is 12.0. The van der Waals surface area contributed by atoms with E-state index in [4.69, 9.17) is 0 Å². The van der Waals surface area contributed by atoms with E-state index in [-0.39, 0.29) is 5.91 Å². The van der Waals surface area contributed by atoms with E-state index in [9.17, 15) is 4.79 Å². The third-order valence-corrected chi connectivity index (χ3v) is 2.96. The predicted molar refractivity (Wildman–Crippen MR) is 73.5 cm³/mol. The lowest BCUT2D eigenvalue weighted by molar-refractivity contribution is -0.114. The Bertz CT molecular complexity index is 376. The van der Waals surface area contributed by atoms with Gasteiger partial charge in [0, 0.05) is 30.9 Å². The third kappa shape index (κ3) is 3.77. The quantitative estimate of drug-likeness (QED) is 0.848. The zero-order valence-corrected chi connectivity index (χ0v) is 11.2. The van der Waals surface area contributed by atoms with E-state index in [1.807, 2.05) is 18.2 Å². The average molecular weight is 234 g/mol. The molecular weight excluding hydrogens is 212 g/mol. The molecule has 17 heavy (non-hydrogen) atoms. The first kappa shape index (κ1) is 13.6. The van der Waals surface area contributed by atoms with Gasteiger partial charge in [0.05, 0.1) is 0 Å². The maximum Gasteiger partial charge on any atom is 0.221 e. The van der Waals surface area contributed by atoms with Crippen LogP contribution < -0.4 is 10.2 Å². The fourth-order valence-corrected chi connectivity index (χ4v) is 1.93. The first-order valence-electron chi connectivity index (χ1n) is 6.22. The minimum atomic E-state index is -0.0336. The molecule has 0 saturated heterocycles. The smallest absolute Gasteiger partial charge is 0.221 e. The molecule has 94 valence electrons. The van der Waals surface area contributed by atoms with Crippen LogP contribution in [0.5, 0.6) is 0 Å². The highest BCUT2D eigenvalue weighted by atomic mass is 16.1. The Morgan fingerprint density at radius 2 is 2.12 bits per heavy atom. The Kier molecular flexibility index (Phi) is 5.01. The highest BCUT2D eigenvalue weighted by molar-refractivity contribution is 5.89. The first-order chi connectivity index (χ1) is 8.08. The predicted octanol–water partition coefficient (Wildman–Crippen LogP) is 3.27. The number of carbonyl (C=O) groups excluding carboxylic acids is 1. The number of benzene rings is 1. The second-order valence-electron chi connectivity index (χ2n) is 4.27. The topological polar surface area (TPSA) is 32.3 Å².